The van der Waals surface area contributed by atoms with Gasteiger partial charge in [0, 0.05) is 18.1 Å². The van der Waals surface area contributed by atoms with Gasteiger partial charge in [-0.2, -0.15) is 0 Å². The van der Waals surface area contributed by atoms with Crippen LogP contribution in [-0.2, 0) is 11.2 Å². The van der Waals surface area contributed by atoms with E-state index >= 15 is 0 Å². The van der Waals surface area contributed by atoms with Crippen LogP contribution < -0.4 is 10.2 Å². The molecule has 0 saturated heterocycles. The van der Waals surface area contributed by atoms with Gasteiger partial charge in [-0.15, -0.1) is 0 Å². The van der Waals surface area contributed by atoms with Gasteiger partial charge in [0.05, 0.1) is 17.8 Å². The minimum atomic E-state index is -0.136. The third-order valence-electron chi connectivity index (χ3n) is 4.46. The Balaban J connectivity index is 1.55. The summed E-state index contributed by atoms with van der Waals surface area (Å²) in [7, 11) is 1.98. The fourth-order valence-corrected chi connectivity index (χ4v) is 3.07. The molecular weight excluding hydrogens is 338 g/mol. The molecule has 27 heavy (non-hydrogen) atoms. The van der Waals surface area contributed by atoms with Crippen LogP contribution >= 0.6 is 0 Å². The van der Waals surface area contributed by atoms with Crippen molar-refractivity contribution in [2.75, 3.05) is 17.3 Å². The Morgan fingerprint density at radius 3 is 2.52 bits per heavy atom. The summed E-state index contributed by atoms with van der Waals surface area (Å²) in [6.07, 6.45) is 0.153. The molecule has 5 heteroatoms. The van der Waals surface area contributed by atoms with Crippen LogP contribution in [-0.4, -0.2) is 18.1 Å². The van der Waals surface area contributed by atoms with E-state index in [-0.39, 0.29) is 12.3 Å². The molecule has 0 fully saturated rings. The number of para-hydroxylation sites is 4. The number of nitrogens with one attached hydrogen (secondary N) is 1. The van der Waals surface area contributed by atoms with Gasteiger partial charge in [0.2, 0.25) is 5.91 Å². The summed E-state index contributed by atoms with van der Waals surface area (Å²) in [6.45, 7) is 0. The van der Waals surface area contributed by atoms with Crippen LogP contribution in [0.25, 0.3) is 11.0 Å². The monoisotopic (exact) mass is 357 g/mol. The molecule has 4 aromatic rings. The van der Waals surface area contributed by atoms with Crippen LogP contribution in [0.4, 0.5) is 17.1 Å². The van der Waals surface area contributed by atoms with Gasteiger partial charge in [-0.3, -0.25) is 4.79 Å². The first-order chi connectivity index (χ1) is 13.2. The van der Waals surface area contributed by atoms with Gasteiger partial charge in [0.1, 0.15) is 5.69 Å². The molecule has 0 atom stereocenters. The summed E-state index contributed by atoms with van der Waals surface area (Å²) in [4.78, 5) is 14.7. The zero-order chi connectivity index (χ0) is 18.6. The summed E-state index contributed by atoms with van der Waals surface area (Å²) in [5.41, 5.74) is 4.03. The molecule has 0 aliphatic rings. The highest BCUT2D eigenvalue weighted by atomic mass is 16.5. The molecule has 5 nitrogen and oxygen atoms in total. The van der Waals surface area contributed by atoms with E-state index in [0.29, 0.717) is 11.3 Å². The topological polar surface area (TPSA) is 58.4 Å². The van der Waals surface area contributed by atoms with Gasteiger partial charge in [0.15, 0.2) is 5.58 Å². The first-order valence-corrected chi connectivity index (χ1v) is 8.73. The second kappa shape index (κ2) is 7.33. The predicted molar refractivity (Wildman–Crippen MR) is 107 cm³/mol. The standard InChI is InChI=1S/C22H19N3O2/c1-25(16-9-3-2-4-10-16)20-13-7-6-12-18(20)23-22(26)15-19-17-11-5-8-14-21(17)27-24-19/h2-14H,15H2,1H3,(H,23,26). The van der Waals surface area contributed by atoms with E-state index in [1.54, 1.807) is 0 Å². The Kier molecular flexibility index (Phi) is 4.58. The SMILES string of the molecule is CN(c1ccccc1)c1ccccc1NC(=O)Cc1noc2ccccc12. The molecule has 1 N–H and O–H groups in total. The number of nitrogens with zero attached hydrogens (tertiary/aromatic N) is 2. The summed E-state index contributed by atoms with van der Waals surface area (Å²) in [5, 5.41) is 7.90. The molecule has 0 aliphatic heterocycles. The van der Waals surface area contributed by atoms with Crippen LogP contribution in [0.15, 0.2) is 83.4 Å². The molecular formula is C22H19N3O2. The quantitative estimate of drug-likeness (QED) is 0.559. The summed E-state index contributed by atoms with van der Waals surface area (Å²) < 4.78 is 5.28. The Hall–Kier alpha value is -3.60. The molecule has 3 aromatic carbocycles. The van der Waals surface area contributed by atoms with Crippen LogP contribution in [0.1, 0.15) is 5.69 Å². The van der Waals surface area contributed by atoms with Crippen LogP contribution in [0.5, 0.6) is 0 Å². The van der Waals surface area contributed by atoms with Crippen LogP contribution in [0, 0.1) is 0 Å². The lowest BCUT2D eigenvalue weighted by Crippen LogP contribution is -2.18. The van der Waals surface area contributed by atoms with Crippen molar-refractivity contribution in [2.45, 2.75) is 6.42 Å². The Morgan fingerprint density at radius 1 is 0.963 bits per heavy atom. The van der Waals surface area contributed by atoms with E-state index in [4.69, 9.17) is 4.52 Å². The number of amides is 1. The van der Waals surface area contributed by atoms with E-state index in [2.05, 4.69) is 10.5 Å². The number of carbonyl (C=O) groups excluding carboxylic acids is 1. The molecule has 1 heterocycles. The highest BCUT2D eigenvalue weighted by Crippen LogP contribution is 2.30. The molecule has 0 spiro atoms. The van der Waals surface area contributed by atoms with Gasteiger partial charge < -0.3 is 14.7 Å². The number of aromatic nitrogens is 1. The number of anilines is 3. The van der Waals surface area contributed by atoms with Crippen molar-refractivity contribution in [3.8, 4) is 0 Å². The lowest BCUT2D eigenvalue weighted by atomic mass is 10.1. The van der Waals surface area contributed by atoms with Crippen LogP contribution in [0.2, 0.25) is 0 Å². The van der Waals surface area contributed by atoms with Gasteiger partial charge in [-0.05, 0) is 36.4 Å². The van der Waals surface area contributed by atoms with Crippen molar-refractivity contribution in [2.24, 2.45) is 0 Å². The van der Waals surface area contributed by atoms with Gasteiger partial charge >= 0.3 is 0 Å². The molecule has 0 bridgehead atoms. The minimum Gasteiger partial charge on any atom is -0.356 e. The number of hydrogen-bond donors (Lipinski definition) is 1. The average molecular weight is 357 g/mol. The second-order valence-corrected chi connectivity index (χ2v) is 6.26. The number of carbonyl (C=O) groups is 1. The van der Waals surface area contributed by atoms with Gasteiger partial charge in [-0.1, -0.05) is 47.6 Å². The lowest BCUT2D eigenvalue weighted by molar-refractivity contribution is -0.115. The Labute approximate surface area is 157 Å². The largest absolute Gasteiger partial charge is 0.356 e. The van der Waals surface area contributed by atoms with Crippen molar-refractivity contribution < 1.29 is 9.32 Å². The third-order valence-corrected chi connectivity index (χ3v) is 4.46. The number of fused-ring (bicyclic) bond motifs is 1. The van der Waals surface area contributed by atoms with E-state index < -0.39 is 0 Å². The van der Waals surface area contributed by atoms with E-state index in [0.717, 1.165) is 22.4 Å². The fraction of sp³-hybridized carbons (Fsp3) is 0.0909. The van der Waals surface area contributed by atoms with Gasteiger partial charge in [0.25, 0.3) is 0 Å². The number of benzene rings is 3. The molecule has 134 valence electrons. The predicted octanol–water partition coefficient (Wildman–Crippen LogP) is 4.78. The first-order valence-electron chi connectivity index (χ1n) is 8.73. The maximum Gasteiger partial charge on any atom is 0.230 e. The van der Waals surface area contributed by atoms with Crippen molar-refractivity contribution in [1.29, 1.82) is 0 Å². The lowest BCUT2D eigenvalue weighted by Gasteiger charge is -2.22. The maximum atomic E-state index is 12.6. The molecule has 0 aliphatic carbocycles. The van der Waals surface area contributed by atoms with Crippen molar-refractivity contribution >= 4 is 33.9 Å². The zero-order valence-corrected chi connectivity index (χ0v) is 14.9. The molecule has 1 aromatic heterocycles. The Bertz CT molecular complexity index is 1070. The summed E-state index contributed by atoms with van der Waals surface area (Å²) >= 11 is 0. The first kappa shape index (κ1) is 16.8. The van der Waals surface area contributed by atoms with Crippen molar-refractivity contribution in [3.05, 3.63) is 84.6 Å². The van der Waals surface area contributed by atoms with Gasteiger partial charge in [-0.25, -0.2) is 0 Å². The van der Waals surface area contributed by atoms with Crippen molar-refractivity contribution in [3.63, 3.8) is 0 Å². The normalized spacial score (nSPS) is 10.7. The summed E-state index contributed by atoms with van der Waals surface area (Å²) in [5.74, 6) is -0.136. The Morgan fingerprint density at radius 2 is 1.67 bits per heavy atom. The number of rotatable bonds is 5. The maximum absolute atomic E-state index is 12.6. The van der Waals surface area contributed by atoms with Crippen LogP contribution in [0.3, 0.4) is 0 Å². The van der Waals surface area contributed by atoms with E-state index in [1.165, 1.54) is 0 Å². The zero-order valence-electron chi connectivity index (χ0n) is 14.9. The average Bonchev–Trinajstić information content (AvgIpc) is 3.11. The minimum absolute atomic E-state index is 0.136. The summed E-state index contributed by atoms with van der Waals surface area (Å²) in [6, 6.07) is 25.3. The number of hydrogen-bond acceptors (Lipinski definition) is 4. The van der Waals surface area contributed by atoms with Crippen molar-refractivity contribution in [1.82, 2.24) is 5.16 Å². The third kappa shape index (κ3) is 3.53. The fourth-order valence-electron chi connectivity index (χ4n) is 3.07. The molecule has 0 saturated carbocycles. The molecule has 0 unspecified atom stereocenters. The highest BCUT2D eigenvalue weighted by molar-refractivity contribution is 5.97. The smallest absolute Gasteiger partial charge is 0.230 e. The molecule has 1 amide bonds. The second-order valence-electron chi connectivity index (χ2n) is 6.26. The molecule has 4 rings (SSSR count). The van der Waals surface area contributed by atoms with E-state index in [1.807, 2.05) is 90.8 Å². The highest BCUT2D eigenvalue weighted by Gasteiger charge is 2.15. The van der Waals surface area contributed by atoms with E-state index in [9.17, 15) is 4.79 Å². The molecule has 0 radical (unpaired) electrons.